The molecule has 6 nitrogen and oxygen atoms in total. The summed E-state index contributed by atoms with van der Waals surface area (Å²) in [5.41, 5.74) is 1.83. The molecule has 0 bridgehead atoms. The van der Waals surface area contributed by atoms with Crippen LogP contribution < -0.4 is 14.8 Å². The summed E-state index contributed by atoms with van der Waals surface area (Å²) in [6.07, 6.45) is 0.506. The maximum absolute atomic E-state index is 13.3. The molecular weight excluding hydrogens is 404 g/mol. The highest BCUT2D eigenvalue weighted by Gasteiger charge is 2.29. The first-order chi connectivity index (χ1) is 15.2. The van der Waals surface area contributed by atoms with Crippen molar-refractivity contribution in [3.8, 4) is 11.5 Å². The number of hydrogen-bond donors (Lipinski definition) is 1. The summed E-state index contributed by atoms with van der Waals surface area (Å²) >= 11 is 0. The summed E-state index contributed by atoms with van der Waals surface area (Å²) in [7, 11) is 1.61. The molecular formula is C26H36N2O4. The van der Waals surface area contributed by atoms with Crippen LogP contribution in [0.15, 0.2) is 48.5 Å². The Kier molecular flexibility index (Phi) is 9.12. The molecule has 0 aliphatic carbocycles. The predicted molar refractivity (Wildman–Crippen MR) is 127 cm³/mol. The molecule has 2 aromatic rings. The summed E-state index contributed by atoms with van der Waals surface area (Å²) in [6, 6.07) is 14.7. The van der Waals surface area contributed by atoms with E-state index < -0.39 is 6.04 Å². The molecule has 2 amide bonds. The number of para-hydroxylation sites is 1. The number of methoxy groups -OCH3 is 1. The highest BCUT2D eigenvalue weighted by Crippen LogP contribution is 2.31. The molecule has 0 aliphatic rings. The molecule has 32 heavy (non-hydrogen) atoms. The Morgan fingerprint density at radius 3 is 2.25 bits per heavy atom. The normalized spacial score (nSPS) is 12.1. The number of carbonyl (C=O) groups excluding carboxylic acids is 2. The molecule has 2 rings (SSSR count). The van der Waals surface area contributed by atoms with E-state index in [-0.39, 0.29) is 23.8 Å². The highest BCUT2D eigenvalue weighted by atomic mass is 16.5. The van der Waals surface area contributed by atoms with Crippen LogP contribution >= 0.6 is 0 Å². The van der Waals surface area contributed by atoms with Gasteiger partial charge < -0.3 is 19.7 Å². The van der Waals surface area contributed by atoms with Crippen LogP contribution in [0.3, 0.4) is 0 Å². The first-order valence-corrected chi connectivity index (χ1v) is 11.1. The van der Waals surface area contributed by atoms with E-state index >= 15 is 0 Å². The predicted octanol–water partition coefficient (Wildman–Crippen LogP) is 4.32. The number of likely N-dealkylation sites (N-methyl/N-ethyl adjacent to an activating group) is 1. The van der Waals surface area contributed by atoms with Crippen LogP contribution in [-0.2, 0) is 21.5 Å². The van der Waals surface area contributed by atoms with Crippen molar-refractivity contribution in [2.24, 2.45) is 0 Å². The quantitative estimate of drug-likeness (QED) is 0.598. The first-order valence-electron chi connectivity index (χ1n) is 11.1. The Morgan fingerprint density at radius 1 is 1.03 bits per heavy atom. The monoisotopic (exact) mass is 440 g/mol. The van der Waals surface area contributed by atoms with Crippen LogP contribution in [0.5, 0.6) is 11.5 Å². The van der Waals surface area contributed by atoms with Crippen LogP contribution in [0.2, 0.25) is 0 Å². The number of carbonyl (C=O) groups is 2. The number of ether oxygens (including phenoxy) is 2. The lowest BCUT2D eigenvalue weighted by Gasteiger charge is -2.31. The molecule has 0 heterocycles. The molecule has 1 atom stereocenters. The largest absolute Gasteiger partial charge is 0.497 e. The molecule has 0 saturated carbocycles. The van der Waals surface area contributed by atoms with E-state index in [1.165, 1.54) is 0 Å². The second-order valence-electron chi connectivity index (χ2n) is 8.72. The van der Waals surface area contributed by atoms with Crippen LogP contribution in [0.25, 0.3) is 0 Å². The van der Waals surface area contributed by atoms with Gasteiger partial charge in [0.25, 0.3) is 5.91 Å². The van der Waals surface area contributed by atoms with E-state index in [1.54, 1.807) is 12.0 Å². The third-order valence-electron chi connectivity index (χ3n) is 5.30. The Labute approximate surface area is 191 Å². The van der Waals surface area contributed by atoms with Gasteiger partial charge in [0, 0.05) is 13.1 Å². The topological polar surface area (TPSA) is 67.9 Å². The van der Waals surface area contributed by atoms with Gasteiger partial charge in [-0.15, -0.1) is 0 Å². The number of benzene rings is 2. The minimum absolute atomic E-state index is 0.116. The molecule has 0 spiro atoms. The molecule has 0 fully saturated rings. The van der Waals surface area contributed by atoms with Crippen molar-refractivity contribution in [1.29, 1.82) is 0 Å². The second kappa shape index (κ2) is 11.6. The van der Waals surface area contributed by atoms with Gasteiger partial charge in [0.15, 0.2) is 6.61 Å². The zero-order valence-electron chi connectivity index (χ0n) is 20.1. The van der Waals surface area contributed by atoms with Gasteiger partial charge in [0.1, 0.15) is 17.5 Å². The minimum atomic E-state index is -0.578. The molecule has 174 valence electrons. The van der Waals surface area contributed by atoms with Crippen LogP contribution in [0.4, 0.5) is 0 Å². The van der Waals surface area contributed by atoms with Crippen molar-refractivity contribution < 1.29 is 19.1 Å². The van der Waals surface area contributed by atoms with Gasteiger partial charge in [-0.2, -0.15) is 0 Å². The third-order valence-corrected chi connectivity index (χ3v) is 5.30. The number of nitrogens with one attached hydrogen (secondary N) is 1. The number of hydrogen-bond acceptors (Lipinski definition) is 4. The van der Waals surface area contributed by atoms with E-state index in [2.05, 4.69) is 26.1 Å². The third kappa shape index (κ3) is 6.74. The van der Waals surface area contributed by atoms with Crippen molar-refractivity contribution in [1.82, 2.24) is 10.2 Å². The van der Waals surface area contributed by atoms with Gasteiger partial charge in [0.2, 0.25) is 5.91 Å². The molecule has 0 saturated heterocycles. The maximum Gasteiger partial charge on any atom is 0.261 e. The smallest absolute Gasteiger partial charge is 0.261 e. The van der Waals surface area contributed by atoms with Gasteiger partial charge in [-0.05, 0) is 48.1 Å². The zero-order valence-corrected chi connectivity index (χ0v) is 20.1. The van der Waals surface area contributed by atoms with E-state index in [9.17, 15) is 9.59 Å². The van der Waals surface area contributed by atoms with Crippen LogP contribution in [-0.4, -0.2) is 43.0 Å². The number of nitrogens with zero attached hydrogens (tertiary/aromatic N) is 1. The minimum Gasteiger partial charge on any atom is -0.497 e. The van der Waals surface area contributed by atoms with Gasteiger partial charge in [0.05, 0.1) is 7.11 Å². The van der Waals surface area contributed by atoms with Crippen molar-refractivity contribution in [3.63, 3.8) is 0 Å². The van der Waals surface area contributed by atoms with Gasteiger partial charge in [-0.1, -0.05) is 58.0 Å². The standard InChI is InChI=1S/C26H36N2O4/c1-7-22(25(30)27-8-2)28(17-19-13-15-20(31-6)16-14-19)24(29)18-32-23-12-10-9-11-21(23)26(3,4)5/h9-16,22H,7-8,17-18H2,1-6H3,(H,27,30)/t22-/m1/s1. The van der Waals surface area contributed by atoms with Crippen LogP contribution in [0.1, 0.15) is 52.2 Å². The maximum atomic E-state index is 13.3. The molecule has 6 heteroatoms. The van der Waals surface area contributed by atoms with E-state index in [4.69, 9.17) is 9.47 Å². The summed E-state index contributed by atoms with van der Waals surface area (Å²) in [6.45, 7) is 10.8. The molecule has 1 N–H and O–H groups in total. The lowest BCUT2D eigenvalue weighted by Crippen LogP contribution is -2.50. The summed E-state index contributed by atoms with van der Waals surface area (Å²) in [5.74, 6) is 1.03. The molecule has 0 radical (unpaired) electrons. The Morgan fingerprint density at radius 2 is 1.69 bits per heavy atom. The fraction of sp³-hybridized carbons (Fsp3) is 0.462. The van der Waals surface area contributed by atoms with E-state index in [1.807, 2.05) is 62.4 Å². The van der Waals surface area contributed by atoms with Crippen molar-refractivity contribution in [3.05, 3.63) is 59.7 Å². The zero-order chi connectivity index (χ0) is 23.7. The lowest BCUT2D eigenvalue weighted by molar-refractivity contribution is -0.142. The molecule has 2 aromatic carbocycles. The SMILES string of the molecule is CCNC(=O)[C@@H](CC)N(Cc1ccc(OC)cc1)C(=O)COc1ccccc1C(C)(C)C. The molecule has 0 aromatic heterocycles. The molecule has 0 unspecified atom stereocenters. The number of rotatable bonds is 10. The van der Waals surface area contributed by atoms with E-state index in [0.29, 0.717) is 25.3 Å². The van der Waals surface area contributed by atoms with Crippen molar-refractivity contribution in [2.45, 2.75) is 59.0 Å². The highest BCUT2D eigenvalue weighted by molar-refractivity contribution is 5.88. The average molecular weight is 441 g/mol. The summed E-state index contributed by atoms with van der Waals surface area (Å²) in [5, 5.41) is 2.85. The fourth-order valence-corrected chi connectivity index (χ4v) is 3.57. The molecule has 0 aliphatic heterocycles. The fourth-order valence-electron chi connectivity index (χ4n) is 3.57. The van der Waals surface area contributed by atoms with Gasteiger partial charge in [-0.3, -0.25) is 9.59 Å². The van der Waals surface area contributed by atoms with Gasteiger partial charge >= 0.3 is 0 Å². The van der Waals surface area contributed by atoms with Crippen molar-refractivity contribution in [2.75, 3.05) is 20.3 Å². The van der Waals surface area contributed by atoms with Crippen LogP contribution in [0, 0.1) is 0 Å². The Hall–Kier alpha value is -3.02. The van der Waals surface area contributed by atoms with Gasteiger partial charge in [-0.25, -0.2) is 0 Å². The number of amides is 2. The Balaban J connectivity index is 2.26. The van der Waals surface area contributed by atoms with Crippen molar-refractivity contribution >= 4 is 11.8 Å². The lowest BCUT2D eigenvalue weighted by atomic mass is 9.86. The second-order valence-corrected chi connectivity index (χ2v) is 8.72. The first kappa shape index (κ1) is 25.2. The summed E-state index contributed by atoms with van der Waals surface area (Å²) < 4.78 is 11.2. The van der Waals surface area contributed by atoms with E-state index in [0.717, 1.165) is 16.9 Å². The Bertz CT molecular complexity index is 887. The average Bonchev–Trinajstić information content (AvgIpc) is 2.77. The summed E-state index contributed by atoms with van der Waals surface area (Å²) in [4.78, 5) is 27.6.